The van der Waals surface area contributed by atoms with E-state index in [1.165, 1.54) is 5.56 Å². The fraction of sp³-hybridized carbons (Fsp3) is 0.407. The number of hydrogen-bond donors (Lipinski definition) is 0. The molecule has 0 atom stereocenters. The highest BCUT2D eigenvalue weighted by Gasteiger charge is 2.17. The third kappa shape index (κ3) is 5.21. The van der Waals surface area contributed by atoms with Crippen molar-refractivity contribution in [2.24, 2.45) is 0 Å². The van der Waals surface area contributed by atoms with Crippen LogP contribution in [0.15, 0.2) is 45.6 Å². The smallest absolute Gasteiger partial charge is 0.339 e. The van der Waals surface area contributed by atoms with Crippen LogP contribution in [0.3, 0.4) is 0 Å². The Bertz CT molecular complexity index is 1160. The van der Waals surface area contributed by atoms with Crippen LogP contribution in [0.2, 0.25) is 0 Å². The third-order valence-corrected chi connectivity index (χ3v) is 5.75. The molecule has 0 aliphatic heterocycles. The SMILES string of the molecule is CCOC(=O)CCc1c(C)c2ccc(OCc3ccc(C(C)(C)C)cc3)c(C)c2oc1=O. The second-order valence-corrected chi connectivity index (χ2v) is 9.10. The first-order chi connectivity index (χ1) is 15.1. The molecule has 0 saturated heterocycles. The molecular weight excluding hydrogens is 404 g/mol. The molecule has 0 aliphatic rings. The zero-order valence-electron chi connectivity index (χ0n) is 19.8. The molecule has 0 saturated carbocycles. The van der Waals surface area contributed by atoms with Crippen LogP contribution < -0.4 is 10.4 Å². The number of ether oxygens (including phenoxy) is 2. The Hall–Kier alpha value is -3.08. The number of carbonyl (C=O) groups excluding carboxylic acids is 1. The topological polar surface area (TPSA) is 65.7 Å². The lowest BCUT2D eigenvalue weighted by Crippen LogP contribution is -2.14. The van der Waals surface area contributed by atoms with Crippen molar-refractivity contribution >= 4 is 16.9 Å². The molecule has 3 rings (SSSR count). The summed E-state index contributed by atoms with van der Waals surface area (Å²) in [5.41, 5.74) is 4.68. The number of fused-ring (bicyclic) bond motifs is 1. The Morgan fingerprint density at radius 2 is 1.69 bits per heavy atom. The van der Waals surface area contributed by atoms with Gasteiger partial charge in [0.25, 0.3) is 0 Å². The van der Waals surface area contributed by atoms with E-state index in [1.54, 1.807) is 6.92 Å². The van der Waals surface area contributed by atoms with Gasteiger partial charge in [-0.25, -0.2) is 4.79 Å². The van der Waals surface area contributed by atoms with Crippen molar-refractivity contribution in [1.29, 1.82) is 0 Å². The highest BCUT2D eigenvalue weighted by atomic mass is 16.5. The van der Waals surface area contributed by atoms with Crippen LogP contribution in [0.25, 0.3) is 11.0 Å². The van der Waals surface area contributed by atoms with Gasteiger partial charge in [-0.3, -0.25) is 4.79 Å². The third-order valence-electron chi connectivity index (χ3n) is 5.75. The molecule has 1 aromatic heterocycles. The molecule has 170 valence electrons. The second-order valence-electron chi connectivity index (χ2n) is 9.10. The predicted molar refractivity (Wildman–Crippen MR) is 126 cm³/mol. The summed E-state index contributed by atoms with van der Waals surface area (Å²) < 4.78 is 16.7. The van der Waals surface area contributed by atoms with E-state index in [0.29, 0.717) is 36.5 Å². The molecule has 5 nitrogen and oxygen atoms in total. The van der Waals surface area contributed by atoms with Gasteiger partial charge in [0.05, 0.1) is 6.61 Å². The van der Waals surface area contributed by atoms with Gasteiger partial charge in [0.15, 0.2) is 0 Å². The summed E-state index contributed by atoms with van der Waals surface area (Å²) in [6.45, 7) is 12.9. The zero-order chi connectivity index (χ0) is 23.5. The van der Waals surface area contributed by atoms with Crippen LogP contribution in [0.4, 0.5) is 0 Å². The van der Waals surface area contributed by atoms with Crippen molar-refractivity contribution in [3.63, 3.8) is 0 Å². The maximum atomic E-state index is 12.6. The van der Waals surface area contributed by atoms with Gasteiger partial charge in [0.1, 0.15) is 17.9 Å². The van der Waals surface area contributed by atoms with Gasteiger partial charge in [-0.2, -0.15) is 0 Å². The number of hydrogen-bond acceptors (Lipinski definition) is 5. The second kappa shape index (κ2) is 9.60. The number of benzene rings is 2. The van der Waals surface area contributed by atoms with E-state index in [1.807, 2.05) is 26.0 Å². The molecule has 0 radical (unpaired) electrons. The molecule has 0 N–H and O–H groups in total. The lowest BCUT2D eigenvalue weighted by atomic mass is 9.87. The van der Waals surface area contributed by atoms with E-state index in [2.05, 4.69) is 45.0 Å². The van der Waals surface area contributed by atoms with Crippen LogP contribution in [0.5, 0.6) is 5.75 Å². The van der Waals surface area contributed by atoms with Gasteiger partial charge >= 0.3 is 11.6 Å². The first kappa shape index (κ1) is 23.6. The van der Waals surface area contributed by atoms with E-state index < -0.39 is 5.63 Å². The minimum absolute atomic E-state index is 0.110. The van der Waals surface area contributed by atoms with Gasteiger partial charge in [-0.05, 0) is 61.4 Å². The molecule has 0 aliphatic carbocycles. The molecule has 0 unspecified atom stereocenters. The Morgan fingerprint density at radius 3 is 2.31 bits per heavy atom. The minimum atomic E-state index is -0.419. The molecule has 5 heteroatoms. The molecule has 0 fully saturated rings. The van der Waals surface area contributed by atoms with Crippen molar-refractivity contribution in [2.45, 2.75) is 66.4 Å². The zero-order valence-corrected chi connectivity index (χ0v) is 19.8. The first-order valence-corrected chi connectivity index (χ1v) is 11.1. The summed E-state index contributed by atoms with van der Waals surface area (Å²) in [7, 11) is 0. The van der Waals surface area contributed by atoms with Gasteiger partial charge in [0.2, 0.25) is 0 Å². The molecule has 32 heavy (non-hydrogen) atoms. The van der Waals surface area contributed by atoms with Crippen molar-refractivity contribution < 1.29 is 18.7 Å². The largest absolute Gasteiger partial charge is 0.488 e. The van der Waals surface area contributed by atoms with Crippen molar-refractivity contribution in [1.82, 2.24) is 0 Å². The summed E-state index contributed by atoms with van der Waals surface area (Å²) in [5, 5.41) is 0.850. The van der Waals surface area contributed by atoms with Crippen molar-refractivity contribution in [2.75, 3.05) is 6.61 Å². The quantitative estimate of drug-likeness (QED) is 0.347. The van der Waals surface area contributed by atoms with Crippen molar-refractivity contribution in [3.05, 3.63) is 74.6 Å². The average molecular weight is 437 g/mol. The molecule has 3 aromatic rings. The van der Waals surface area contributed by atoms with Gasteiger partial charge in [-0.15, -0.1) is 0 Å². The molecule has 0 spiro atoms. The maximum absolute atomic E-state index is 12.6. The normalized spacial score (nSPS) is 11.6. The van der Waals surface area contributed by atoms with E-state index in [0.717, 1.165) is 22.1 Å². The van der Waals surface area contributed by atoms with Crippen LogP contribution in [-0.2, 0) is 28.0 Å². The van der Waals surface area contributed by atoms with Gasteiger partial charge in [0, 0.05) is 22.9 Å². The van der Waals surface area contributed by atoms with E-state index >= 15 is 0 Å². The lowest BCUT2D eigenvalue weighted by molar-refractivity contribution is -0.143. The summed E-state index contributed by atoms with van der Waals surface area (Å²) in [6.07, 6.45) is 0.448. The number of rotatable bonds is 7. The molecule has 0 amide bonds. The summed E-state index contributed by atoms with van der Waals surface area (Å²) in [4.78, 5) is 24.3. The fourth-order valence-electron chi connectivity index (χ4n) is 3.74. The summed E-state index contributed by atoms with van der Waals surface area (Å²) >= 11 is 0. The van der Waals surface area contributed by atoms with Crippen molar-refractivity contribution in [3.8, 4) is 5.75 Å². The summed E-state index contributed by atoms with van der Waals surface area (Å²) in [6, 6.07) is 12.2. The monoisotopic (exact) mass is 436 g/mol. The van der Waals surface area contributed by atoms with E-state index in [4.69, 9.17) is 13.9 Å². The molecule has 1 heterocycles. The van der Waals surface area contributed by atoms with Crippen LogP contribution in [-0.4, -0.2) is 12.6 Å². The van der Waals surface area contributed by atoms with Crippen LogP contribution in [0, 0.1) is 13.8 Å². The predicted octanol–water partition coefficient (Wildman–Crippen LogP) is 5.78. The van der Waals surface area contributed by atoms with Crippen LogP contribution >= 0.6 is 0 Å². The number of aryl methyl sites for hydroxylation is 2. The van der Waals surface area contributed by atoms with Crippen LogP contribution in [0.1, 0.15) is 61.9 Å². The number of esters is 1. The lowest BCUT2D eigenvalue weighted by Gasteiger charge is -2.19. The van der Waals surface area contributed by atoms with Gasteiger partial charge in [-0.1, -0.05) is 45.0 Å². The van der Waals surface area contributed by atoms with E-state index in [-0.39, 0.29) is 17.8 Å². The maximum Gasteiger partial charge on any atom is 0.339 e. The summed E-state index contributed by atoms with van der Waals surface area (Å²) in [5.74, 6) is 0.362. The Morgan fingerprint density at radius 1 is 1.00 bits per heavy atom. The Kier molecular flexibility index (Phi) is 7.07. The molecule has 2 aromatic carbocycles. The first-order valence-electron chi connectivity index (χ1n) is 11.1. The standard InChI is InChI=1S/C27H32O5/c1-7-30-24(28)15-13-22-17(2)21-12-14-23(18(3)25(21)32-26(22)29)31-16-19-8-10-20(11-9-19)27(4,5)6/h8-12,14H,7,13,15-16H2,1-6H3. The Balaban J connectivity index is 1.81. The highest BCUT2D eigenvalue weighted by molar-refractivity contribution is 5.85. The minimum Gasteiger partial charge on any atom is -0.488 e. The van der Waals surface area contributed by atoms with Gasteiger partial charge < -0.3 is 13.9 Å². The Labute approximate surface area is 189 Å². The molecule has 0 bridgehead atoms. The highest BCUT2D eigenvalue weighted by Crippen LogP contribution is 2.30. The fourth-order valence-corrected chi connectivity index (χ4v) is 3.74. The molecular formula is C27H32O5. The van der Waals surface area contributed by atoms with E-state index in [9.17, 15) is 9.59 Å². The average Bonchev–Trinajstić information content (AvgIpc) is 2.73. The number of carbonyl (C=O) groups is 1.